The van der Waals surface area contributed by atoms with Crippen molar-refractivity contribution in [1.29, 1.82) is 0 Å². The first-order valence-electron chi connectivity index (χ1n) is 10.6. The monoisotopic (exact) mass is 498 g/mol. The normalized spacial score (nSPS) is 28.1. The van der Waals surface area contributed by atoms with Crippen LogP contribution in [0.4, 0.5) is 19.0 Å². The number of carbonyl (C=O) groups excluding carboxylic acids is 1. The average molecular weight is 499 g/mol. The van der Waals surface area contributed by atoms with Crippen LogP contribution >= 0.6 is 15.9 Å². The first-order valence-corrected chi connectivity index (χ1v) is 11.4. The number of nitrogens with one attached hydrogen (secondary N) is 2. The fraction of sp³-hybridized carbons (Fsp3) is 0.524. The van der Waals surface area contributed by atoms with Crippen LogP contribution in [0.15, 0.2) is 34.9 Å². The molecule has 6 nitrogen and oxygen atoms in total. The summed E-state index contributed by atoms with van der Waals surface area (Å²) in [7, 11) is 0. The highest BCUT2D eigenvalue weighted by molar-refractivity contribution is 9.10. The molecule has 0 radical (unpaired) electrons. The molecule has 4 heterocycles. The number of halogens is 4. The molecule has 31 heavy (non-hydrogen) atoms. The first kappa shape index (κ1) is 20.8. The van der Waals surface area contributed by atoms with Crippen LogP contribution in [-0.4, -0.2) is 59.0 Å². The maximum absolute atomic E-state index is 13.9. The van der Waals surface area contributed by atoms with Gasteiger partial charge in [0.15, 0.2) is 6.04 Å². The first-order chi connectivity index (χ1) is 14.8. The molecule has 1 amide bonds. The van der Waals surface area contributed by atoms with Crippen molar-refractivity contribution in [2.45, 2.75) is 43.6 Å². The number of rotatable bonds is 2. The van der Waals surface area contributed by atoms with Crippen LogP contribution in [0.1, 0.15) is 47.3 Å². The number of alkyl halides is 3. The zero-order valence-corrected chi connectivity index (χ0v) is 18.4. The van der Waals surface area contributed by atoms with Crippen molar-refractivity contribution in [3.8, 4) is 0 Å². The van der Waals surface area contributed by atoms with Crippen LogP contribution in [-0.2, 0) is 0 Å². The summed E-state index contributed by atoms with van der Waals surface area (Å²) in [5.74, 6) is -0.0789. The lowest BCUT2D eigenvalue weighted by molar-refractivity contribution is -0.916. The van der Waals surface area contributed by atoms with Crippen LogP contribution in [0.2, 0.25) is 0 Å². The molecule has 1 aromatic carbocycles. The summed E-state index contributed by atoms with van der Waals surface area (Å²) in [5.41, 5.74) is 0.962. The van der Waals surface area contributed by atoms with Crippen LogP contribution in [0, 0.1) is 0 Å². The highest BCUT2D eigenvalue weighted by Gasteiger charge is 2.48. The van der Waals surface area contributed by atoms with E-state index in [9.17, 15) is 18.0 Å². The fourth-order valence-corrected chi connectivity index (χ4v) is 5.42. The van der Waals surface area contributed by atoms with Crippen molar-refractivity contribution < 1.29 is 22.9 Å². The Kier molecular flexibility index (Phi) is 5.24. The molecule has 0 saturated carbocycles. The number of anilines is 1. The summed E-state index contributed by atoms with van der Waals surface area (Å²) >= 11 is 3.36. The third-order valence-electron chi connectivity index (χ3n) is 6.80. The highest BCUT2D eigenvalue weighted by Crippen LogP contribution is 2.44. The van der Waals surface area contributed by atoms with Gasteiger partial charge in [-0.25, -0.2) is 4.68 Å². The SMILES string of the molecule is O=C(c1cnn2c1N[C@H](c1ccc(Br)cc1)C[C@@H]2C(F)(F)F)N1CC[NH+]2CCC[C@@H]2C1. The van der Waals surface area contributed by atoms with Gasteiger partial charge in [0.1, 0.15) is 17.4 Å². The molecule has 2 saturated heterocycles. The number of hydrogen-bond acceptors (Lipinski definition) is 3. The highest BCUT2D eigenvalue weighted by atomic mass is 79.9. The third-order valence-corrected chi connectivity index (χ3v) is 7.33. The summed E-state index contributed by atoms with van der Waals surface area (Å²) in [5, 5.41) is 7.19. The van der Waals surface area contributed by atoms with E-state index >= 15 is 0 Å². The van der Waals surface area contributed by atoms with Crippen molar-refractivity contribution in [1.82, 2.24) is 14.7 Å². The van der Waals surface area contributed by atoms with Gasteiger partial charge in [-0.3, -0.25) is 4.79 Å². The van der Waals surface area contributed by atoms with Crippen LogP contribution in [0.25, 0.3) is 0 Å². The molecule has 2 aromatic rings. The summed E-state index contributed by atoms with van der Waals surface area (Å²) in [6.45, 7) is 3.30. The third kappa shape index (κ3) is 3.84. The smallest absolute Gasteiger partial charge is 0.363 e. The fourth-order valence-electron chi connectivity index (χ4n) is 5.16. The number of fused-ring (bicyclic) bond motifs is 2. The second-order valence-electron chi connectivity index (χ2n) is 8.64. The van der Waals surface area contributed by atoms with Gasteiger partial charge in [0.25, 0.3) is 5.91 Å². The minimum Gasteiger partial charge on any atom is -0.363 e. The summed E-state index contributed by atoms with van der Waals surface area (Å²) < 4.78 is 43.5. The van der Waals surface area contributed by atoms with E-state index in [-0.39, 0.29) is 23.7 Å². The Balaban J connectivity index is 1.46. The largest absolute Gasteiger partial charge is 0.410 e. The molecule has 4 atom stereocenters. The Bertz CT molecular complexity index is 976. The second-order valence-corrected chi connectivity index (χ2v) is 9.56. The zero-order chi connectivity index (χ0) is 21.8. The van der Waals surface area contributed by atoms with E-state index in [2.05, 4.69) is 26.3 Å². The van der Waals surface area contributed by atoms with Gasteiger partial charge < -0.3 is 15.1 Å². The molecule has 5 rings (SSSR count). The number of aromatic nitrogens is 2. The van der Waals surface area contributed by atoms with Crippen molar-refractivity contribution in [2.24, 2.45) is 0 Å². The molecule has 166 valence electrons. The molecule has 2 fully saturated rings. The van der Waals surface area contributed by atoms with Gasteiger partial charge in [-0.15, -0.1) is 0 Å². The lowest BCUT2D eigenvalue weighted by atomic mass is 9.96. The standard InChI is InChI=1S/C21H23BrF3N5O/c22-14-5-3-13(4-6-14)17-10-18(21(23,24)25)30-19(27-17)16(11-26-30)20(31)29-9-8-28-7-1-2-15(28)12-29/h3-6,11,15,17-18,27H,1-2,7-10,12H2/p+1/t15-,17+,18-/m1/s1. The molecular formula is C21H24BrF3N5O+. The molecule has 0 spiro atoms. The van der Waals surface area contributed by atoms with Gasteiger partial charge in [0.2, 0.25) is 0 Å². The number of nitrogens with zero attached hydrogens (tertiary/aromatic N) is 3. The zero-order valence-electron chi connectivity index (χ0n) is 16.8. The topological polar surface area (TPSA) is 54.6 Å². The van der Waals surface area contributed by atoms with E-state index in [1.807, 2.05) is 0 Å². The summed E-state index contributed by atoms with van der Waals surface area (Å²) in [4.78, 5) is 16.6. The van der Waals surface area contributed by atoms with Gasteiger partial charge in [-0.05, 0) is 17.7 Å². The molecule has 0 aliphatic carbocycles. The summed E-state index contributed by atoms with van der Waals surface area (Å²) in [6.07, 6.45) is -1.10. The molecule has 2 N–H and O–H groups in total. The van der Waals surface area contributed by atoms with E-state index in [1.165, 1.54) is 11.1 Å². The van der Waals surface area contributed by atoms with E-state index in [1.54, 1.807) is 29.2 Å². The number of benzene rings is 1. The maximum Gasteiger partial charge on any atom is 0.410 e. The van der Waals surface area contributed by atoms with E-state index in [0.717, 1.165) is 40.6 Å². The molecule has 3 aliphatic rings. The van der Waals surface area contributed by atoms with Gasteiger partial charge in [-0.1, -0.05) is 28.1 Å². The number of hydrogen-bond donors (Lipinski definition) is 2. The average Bonchev–Trinajstić information content (AvgIpc) is 3.38. The van der Waals surface area contributed by atoms with Crippen LogP contribution in [0.3, 0.4) is 0 Å². The summed E-state index contributed by atoms with van der Waals surface area (Å²) in [6, 6.07) is 5.29. The minimum absolute atomic E-state index is 0.160. The Labute approximate surface area is 186 Å². The van der Waals surface area contributed by atoms with Gasteiger partial charge >= 0.3 is 6.18 Å². The molecule has 1 aromatic heterocycles. The van der Waals surface area contributed by atoms with Crippen molar-refractivity contribution in [2.75, 3.05) is 31.5 Å². The second kappa shape index (κ2) is 7.81. The quantitative estimate of drug-likeness (QED) is 0.669. The number of quaternary nitrogens is 1. The lowest BCUT2D eigenvalue weighted by Gasteiger charge is -2.36. The maximum atomic E-state index is 13.9. The van der Waals surface area contributed by atoms with Crippen LogP contribution in [0.5, 0.6) is 0 Å². The Morgan fingerprint density at radius 1 is 1.23 bits per heavy atom. The number of piperazine rings is 1. The van der Waals surface area contributed by atoms with Gasteiger partial charge in [0, 0.05) is 23.7 Å². The van der Waals surface area contributed by atoms with Crippen LogP contribution < -0.4 is 10.2 Å². The van der Waals surface area contributed by atoms with E-state index in [4.69, 9.17) is 0 Å². The van der Waals surface area contributed by atoms with Crippen molar-refractivity contribution in [3.05, 3.63) is 46.1 Å². The van der Waals surface area contributed by atoms with Crippen molar-refractivity contribution >= 4 is 27.7 Å². The lowest BCUT2D eigenvalue weighted by Crippen LogP contribution is -3.16. The minimum atomic E-state index is -4.46. The van der Waals surface area contributed by atoms with Gasteiger partial charge in [0.05, 0.1) is 38.4 Å². The van der Waals surface area contributed by atoms with Crippen molar-refractivity contribution in [3.63, 3.8) is 0 Å². The number of amides is 1. The Morgan fingerprint density at radius 3 is 2.74 bits per heavy atom. The molecule has 10 heteroatoms. The molecular weight excluding hydrogens is 475 g/mol. The van der Waals surface area contributed by atoms with E-state index in [0.29, 0.717) is 19.1 Å². The number of carbonyl (C=O) groups is 1. The predicted octanol–water partition coefficient (Wildman–Crippen LogP) is 2.81. The molecule has 0 bridgehead atoms. The van der Waals surface area contributed by atoms with E-state index < -0.39 is 18.3 Å². The van der Waals surface area contributed by atoms with Gasteiger partial charge in [-0.2, -0.15) is 18.3 Å². The Hall–Kier alpha value is -2.07. The molecule has 1 unspecified atom stereocenters. The molecule has 3 aliphatic heterocycles. The predicted molar refractivity (Wildman–Crippen MR) is 112 cm³/mol. The Morgan fingerprint density at radius 2 is 2.00 bits per heavy atom.